The standard InChI is InChI=1S/C33H49N/c1-22-19-26-25(24(3)23(22)2)11-12-27-31(26,6)16-18-33(8)28-20-29(4,21-34(9)10)13-14-30(28,5)15-17-32(27,33)7/h11-12,19,28H,1,13-18,20-21H2,2-10H3/t28-,29-,30-,31+,32-,33+/m1/s1. The van der Waals surface area contributed by atoms with Crippen LogP contribution in [0, 0.1) is 41.4 Å². The van der Waals surface area contributed by atoms with E-state index in [0.29, 0.717) is 16.2 Å². The van der Waals surface area contributed by atoms with E-state index in [1.165, 1.54) is 73.1 Å². The van der Waals surface area contributed by atoms with Crippen molar-refractivity contribution in [3.63, 3.8) is 0 Å². The Bertz CT molecular complexity index is 1170. The van der Waals surface area contributed by atoms with Crippen molar-refractivity contribution in [1.82, 2.24) is 4.90 Å². The zero-order valence-corrected chi connectivity index (χ0v) is 23.6. The summed E-state index contributed by atoms with van der Waals surface area (Å²) in [6.45, 7) is 23.4. The normalized spacial score (nSPS) is 43.2. The van der Waals surface area contributed by atoms with Gasteiger partial charge in [0, 0.05) is 12.0 Å². The highest BCUT2D eigenvalue weighted by molar-refractivity contribution is 5.59. The Labute approximate surface area is 209 Å². The molecule has 0 radical (unpaired) electrons. The lowest BCUT2D eigenvalue weighted by Crippen LogP contribution is -2.63. The summed E-state index contributed by atoms with van der Waals surface area (Å²) < 4.78 is 0. The highest BCUT2D eigenvalue weighted by Crippen LogP contribution is 2.74. The van der Waals surface area contributed by atoms with Gasteiger partial charge in [0.15, 0.2) is 0 Å². The first-order chi connectivity index (χ1) is 15.7. The summed E-state index contributed by atoms with van der Waals surface area (Å²) in [7, 11) is 4.52. The van der Waals surface area contributed by atoms with Crippen LogP contribution in [0.5, 0.6) is 0 Å². The fraction of sp³-hybridized carbons (Fsp3) is 0.697. The van der Waals surface area contributed by atoms with Gasteiger partial charge in [0.2, 0.25) is 0 Å². The van der Waals surface area contributed by atoms with E-state index in [1.807, 2.05) is 0 Å². The number of nitrogens with zero attached hydrogens (tertiary/aromatic N) is 1. The molecule has 0 amide bonds. The SMILES string of the molecule is C=c1cc2c(c(C)c1C)=CC=C1[C@@]2(C)CC[C@@]2(C)[C@@H]3C[C@](C)(CN(C)C)CC[C@]3(C)CC[C@]12C. The molecule has 1 nitrogen and oxygen atoms in total. The van der Waals surface area contributed by atoms with E-state index in [-0.39, 0.29) is 10.8 Å². The predicted octanol–water partition coefficient (Wildman–Crippen LogP) is 6.67. The highest BCUT2D eigenvalue weighted by Gasteiger charge is 2.66. The van der Waals surface area contributed by atoms with Gasteiger partial charge in [-0.05, 0) is 128 Å². The molecule has 0 heterocycles. The molecule has 3 fully saturated rings. The maximum Gasteiger partial charge on any atom is 0.0148 e. The number of hydrogen-bond donors (Lipinski definition) is 0. The number of hydrogen-bond acceptors (Lipinski definition) is 1. The van der Waals surface area contributed by atoms with Gasteiger partial charge in [0.25, 0.3) is 0 Å². The molecular formula is C33H49N. The summed E-state index contributed by atoms with van der Waals surface area (Å²) in [5, 5.41) is 2.69. The molecule has 186 valence electrons. The van der Waals surface area contributed by atoms with Gasteiger partial charge in [-0.15, -0.1) is 0 Å². The molecule has 6 atom stereocenters. The quantitative estimate of drug-likeness (QED) is 0.477. The van der Waals surface area contributed by atoms with Crippen LogP contribution in [0.2, 0.25) is 0 Å². The second-order valence-corrected chi connectivity index (χ2v) is 14.5. The lowest BCUT2D eigenvalue weighted by Gasteiger charge is -2.70. The Morgan fingerprint density at radius 2 is 1.56 bits per heavy atom. The van der Waals surface area contributed by atoms with E-state index in [9.17, 15) is 0 Å². The first-order valence-electron chi connectivity index (χ1n) is 13.9. The summed E-state index contributed by atoms with van der Waals surface area (Å²) in [5.41, 5.74) is 7.76. The van der Waals surface area contributed by atoms with Gasteiger partial charge in [0.1, 0.15) is 0 Å². The van der Waals surface area contributed by atoms with Gasteiger partial charge >= 0.3 is 0 Å². The largest absolute Gasteiger partial charge is 0.309 e. The first kappa shape index (κ1) is 24.4. The Morgan fingerprint density at radius 1 is 0.882 bits per heavy atom. The van der Waals surface area contributed by atoms with E-state index in [0.717, 1.165) is 5.92 Å². The fourth-order valence-corrected chi connectivity index (χ4v) is 9.65. The molecule has 0 bridgehead atoms. The van der Waals surface area contributed by atoms with Crippen molar-refractivity contribution >= 4 is 12.7 Å². The van der Waals surface area contributed by atoms with E-state index in [2.05, 4.69) is 92.3 Å². The third kappa shape index (κ3) is 3.07. The molecule has 4 aliphatic rings. The summed E-state index contributed by atoms with van der Waals surface area (Å²) in [5.74, 6) is 0.799. The molecule has 0 spiro atoms. The van der Waals surface area contributed by atoms with E-state index < -0.39 is 0 Å². The molecule has 4 aliphatic carbocycles. The lowest BCUT2D eigenvalue weighted by atomic mass is 9.34. The first-order valence-corrected chi connectivity index (χ1v) is 13.9. The third-order valence-electron chi connectivity index (χ3n) is 12.2. The van der Waals surface area contributed by atoms with E-state index in [4.69, 9.17) is 0 Å². The van der Waals surface area contributed by atoms with Crippen LogP contribution in [-0.2, 0) is 5.41 Å². The van der Waals surface area contributed by atoms with Crippen LogP contribution in [0.3, 0.4) is 0 Å². The average Bonchev–Trinajstić information content (AvgIpc) is 2.75. The van der Waals surface area contributed by atoms with Crippen molar-refractivity contribution in [2.45, 2.75) is 98.8 Å². The number of fused-ring (bicyclic) bond motifs is 7. The monoisotopic (exact) mass is 459 g/mol. The van der Waals surface area contributed by atoms with Crippen molar-refractivity contribution < 1.29 is 0 Å². The van der Waals surface area contributed by atoms with Crippen LogP contribution in [-0.4, -0.2) is 25.5 Å². The molecule has 0 unspecified atom stereocenters. The van der Waals surface area contributed by atoms with Crippen molar-refractivity contribution in [1.29, 1.82) is 0 Å². The van der Waals surface area contributed by atoms with Crippen LogP contribution in [0.25, 0.3) is 12.7 Å². The lowest BCUT2D eigenvalue weighted by molar-refractivity contribution is -0.160. The Hall–Kier alpha value is -1.34. The van der Waals surface area contributed by atoms with Crippen molar-refractivity contribution in [2.24, 2.45) is 27.6 Å². The van der Waals surface area contributed by atoms with Crippen LogP contribution >= 0.6 is 0 Å². The van der Waals surface area contributed by atoms with Crippen LogP contribution in [0.4, 0.5) is 0 Å². The molecule has 1 aromatic rings. The number of benzene rings is 1. The van der Waals surface area contributed by atoms with E-state index in [1.54, 1.807) is 11.1 Å². The predicted molar refractivity (Wildman–Crippen MR) is 147 cm³/mol. The minimum absolute atomic E-state index is 0.137. The third-order valence-corrected chi connectivity index (χ3v) is 12.2. The molecule has 1 heteroatoms. The Kier molecular flexibility index (Phi) is 5.26. The Morgan fingerprint density at radius 3 is 2.24 bits per heavy atom. The van der Waals surface area contributed by atoms with Crippen molar-refractivity contribution in [3.05, 3.63) is 44.8 Å². The molecule has 1 aromatic carbocycles. The van der Waals surface area contributed by atoms with Crippen molar-refractivity contribution in [2.75, 3.05) is 20.6 Å². The summed E-state index contributed by atoms with van der Waals surface area (Å²) >= 11 is 0. The zero-order valence-electron chi connectivity index (χ0n) is 23.6. The summed E-state index contributed by atoms with van der Waals surface area (Å²) in [6.07, 6.45) is 14.6. The van der Waals surface area contributed by atoms with Crippen LogP contribution in [0.1, 0.15) is 96.3 Å². The van der Waals surface area contributed by atoms with Gasteiger partial charge in [-0.1, -0.05) is 65.0 Å². The molecule has 5 rings (SSSR count). The molecule has 0 aliphatic heterocycles. The molecule has 0 aromatic heterocycles. The average molecular weight is 460 g/mol. The fourth-order valence-electron chi connectivity index (χ4n) is 9.65. The number of rotatable bonds is 2. The highest BCUT2D eigenvalue weighted by atomic mass is 15.1. The maximum absolute atomic E-state index is 4.44. The molecule has 34 heavy (non-hydrogen) atoms. The zero-order chi connectivity index (χ0) is 24.9. The molecule has 0 N–H and O–H groups in total. The smallest absolute Gasteiger partial charge is 0.0148 e. The van der Waals surface area contributed by atoms with Crippen LogP contribution < -0.4 is 10.4 Å². The Balaban J connectivity index is 1.63. The van der Waals surface area contributed by atoms with Crippen LogP contribution in [0.15, 0.2) is 17.7 Å². The molecule has 3 saturated carbocycles. The minimum Gasteiger partial charge on any atom is -0.309 e. The van der Waals surface area contributed by atoms with Gasteiger partial charge in [-0.25, -0.2) is 0 Å². The van der Waals surface area contributed by atoms with Gasteiger partial charge in [-0.3, -0.25) is 0 Å². The van der Waals surface area contributed by atoms with Crippen molar-refractivity contribution in [3.8, 4) is 0 Å². The van der Waals surface area contributed by atoms with Gasteiger partial charge in [-0.2, -0.15) is 0 Å². The molecule has 0 saturated heterocycles. The second-order valence-electron chi connectivity index (χ2n) is 14.5. The number of allylic oxidation sites excluding steroid dienone is 2. The minimum atomic E-state index is 0.137. The maximum atomic E-state index is 4.44. The van der Waals surface area contributed by atoms with Gasteiger partial charge in [0.05, 0.1) is 0 Å². The summed E-state index contributed by atoms with van der Waals surface area (Å²) in [6, 6.07) is 2.44. The van der Waals surface area contributed by atoms with Gasteiger partial charge < -0.3 is 4.90 Å². The topological polar surface area (TPSA) is 3.24 Å². The van der Waals surface area contributed by atoms with E-state index >= 15 is 0 Å². The second kappa shape index (κ2) is 7.34. The summed E-state index contributed by atoms with van der Waals surface area (Å²) in [4.78, 5) is 2.43. The molecular weight excluding hydrogens is 410 g/mol.